The maximum Gasteiger partial charge on any atom is 0.325 e. The van der Waals surface area contributed by atoms with Crippen LogP contribution in [0.15, 0.2) is 36.4 Å². The molecule has 1 aromatic heterocycles. The molecule has 1 atom stereocenters. The van der Waals surface area contributed by atoms with E-state index in [9.17, 15) is 14.7 Å². The van der Waals surface area contributed by atoms with Crippen LogP contribution in [0.2, 0.25) is 0 Å². The van der Waals surface area contributed by atoms with E-state index >= 15 is 0 Å². The van der Waals surface area contributed by atoms with Gasteiger partial charge < -0.3 is 21.1 Å². The van der Waals surface area contributed by atoms with E-state index in [1.54, 1.807) is 0 Å². The summed E-state index contributed by atoms with van der Waals surface area (Å²) in [4.78, 5) is 31.5. The van der Waals surface area contributed by atoms with Crippen molar-refractivity contribution in [2.24, 2.45) is 5.92 Å². The highest BCUT2D eigenvalue weighted by Crippen LogP contribution is 2.28. The molecule has 0 spiro atoms. The van der Waals surface area contributed by atoms with Crippen molar-refractivity contribution in [2.75, 3.05) is 43.4 Å². The number of carbonyl (C=O) groups excluding carboxylic acids is 1. The third-order valence-electron chi connectivity index (χ3n) is 7.17. The van der Waals surface area contributed by atoms with Crippen molar-refractivity contribution in [3.63, 3.8) is 0 Å². The maximum absolute atomic E-state index is 12.7. The van der Waals surface area contributed by atoms with Gasteiger partial charge in [0.05, 0.1) is 0 Å². The molecule has 4 rings (SSSR count). The van der Waals surface area contributed by atoms with Crippen molar-refractivity contribution < 1.29 is 14.7 Å². The fourth-order valence-corrected chi connectivity index (χ4v) is 5.12. The molecule has 8 heteroatoms. The van der Waals surface area contributed by atoms with E-state index in [1.807, 2.05) is 29.2 Å². The largest absolute Gasteiger partial charge is 0.480 e. The van der Waals surface area contributed by atoms with Crippen molar-refractivity contribution >= 4 is 23.4 Å². The number of nitrogens with one attached hydrogen (secondary N) is 3. The van der Waals surface area contributed by atoms with Crippen molar-refractivity contribution in [1.82, 2.24) is 15.2 Å². The highest BCUT2D eigenvalue weighted by molar-refractivity contribution is 5.79. The average Bonchev–Trinajstić information content (AvgIpc) is 2.91. The van der Waals surface area contributed by atoms with Crippen molar-refractivity contribution in [3.8, 4) is 0 Å². The van der Waals surface area contributed by atoms with E-state index in [0.29, 0.717) is 32.5 Å². The van der Waals surface area contributed by atoms with Crippen LogP contribution >= 0.6 is 0 Å². The van der Waals surface area contributed by atoms with E-state index in [0.717, 1.165) is 68.0 Å². The number of carboxylic acid groups (broad SMARTS) is 1. The van der Waals surface area contributed by atoms with Crippen LogP contribution in [-0.4, -0.2) is 59.6 Å². The Balaban J connectivity index is 1.21. The van der Waals surface area contributed by atoms with Gasteiger partial charge in [0.25, 0.3) is 0 Å². The Labute approximate surface area is 213 Å². The second kappa shape index (κ2) is 12.7. The average molecular weight is 494 g/mol. The highest BCUT2D eigenvalue weighted by Gasteiger charge is 2.33. The predicted molar refractivity (Wildman–Crippen MR) is 142 cm³/mol. The van der Waals surface area contributed by atoms with Gasteiger partial charge in [-0.1, -0.05) is 25.1 Å². The molecule has 1 amide bonds. The van der Waals surface area contributed by atoms with E-state index in [-0.39, 0.29) is 11.8 Å². The Hall–Kier alpha value is -3.13. The van der Waals surface area contributed by atoms with Crippen LogP contribution in [0.5, 0.6) is 0 Å². The first-order valence-electron chi connectivity index (χ1n) is 13.4. The lowest BCUT2D eigenvalue weighted by Crippen LogP contribution is -2.44. The first kappa shape index (κ1) is 25.9. The van der Waals surface area contributed by atoms with Gasteiger partial charge in [-0.05, 0) is 74.3 Å². The molecule has 1 fully saturated rings. The first-order chi connectivity index (χ1) is 17.5. The number of pyridine rings is 1. The van der Waals surface area contributed by atoms with Crippen LogP contribution in [0.1, 0.15) is 61.9 Å². The minimum Gasteiger partial charge on any atom is -0.480 e. The molecule has 1 unspecified atom stereocenters. The molecule has 4 N–H and O–H groups in total. The summed E-state index contributed by atoms with van der Waals surface area (Å²) < 4.78 is 0. The smallest absolute Gasteiger partial charge is 0.325 e. The first-order valence-corrected chi connectivity index (χ1v) is 13.4. The number of anilines is 2. The van der Waals surface area contributed by atoms with Crippen LogP contribution in [0.3, 0.4) is 0 Å². The molecule has 1 saturated heterocycles. The number of rotatable bonds is 11. The zero-order valence-electron chi connectivity index (χ0n) is 21.3. The molecule has 36 heavy (non-hydrogen) atoms. The van der Waals surface area contributed by atoms with Crippen LogP contribution in [0.25, 0.3) is 0 Å². The number of aliphatic carboxylic acids is 1. The number of aryl methyl sites for hydroxylation is 2. The standard InChI is InChI=1S/C28H39N5O3/c1-2-15-29-23-10-7-20(8-11-23)25(28(35)36)33-18-13-22(14-19-33)27(34)31-17-4-6-24-12-9-21-5-3-16-30-26(21)32-24/h7-12,22,25,29H,2-6,13-19H2,1H3,(H,30,32)(H,31,34)(H,35,36). The van der Waals surface area contributed by atoms with Gasteiger partial charge in [0.1, 0.15) is 11.9 Å². The summed E-state index contributed by atoms with van der Waals surface area (Å²) in [6.07, 6.45) is 6.29. The third kappa shape index (κ3) is 6.75. The molecule has 0 radical (unpaired) electrons. The summed E-state index contributed by atoms with van der Waals surface area (Å²) in [6.45, 7) is 5.79. The summed E-state index contributed by atoms with van der Waals surface area (Å²) in [5.74, 6) is 0.173. The molecule has 1 aromatic carbocycles. The number of fused-ring (bicyclic) bond motifs is 1. The fourth-order valence-electron chi connectivity index (χ4n) is 5.12. The maximum atomic E-state index is 12.7. The molecule has 0 bridgehead atoms. The van der Waals surface area contributed by atoms with Crippen molar-refractivity contribution in [2.45, 2.75) is 57.9 Å². The molecular formula is C28H39N5O3. The van der Waals surface area contributed by atoms with Gasteiger partial charge in [0.2, 0.25) is 5.91 Å². The van der Waals surface area contributed by atoms with Gasteiger partial charge in [-0.2, -0.15) is 0 Å². The lowest BCUT2D eigenvalue weighted by atomic mass is 9.93. The summed E-state index contributed by atoms with van der Waals surface area (Å²) in [5, 5.41) is 19.7. The Kier molecular flexibility index (Phi) is 9.17. The lowest BCUT2D eigenvalue weighted by Gasteiger charge is -2.35. The van der Waals surface area contributed by atoms with E-state index in [1.165, 1.54) is 5.56 Å². The van der Waals surface area contributed by atoms with Crippen molar-refractivity contribution in [3.05, 3.63) is 53.2 Å². The third-order valence-corrected chi connectivity index (χ3v) is 7.17. The van der Waals surface area contributed by atoms with E-state index in [4.69, 9.17) is 4.98 Å². The van der Waals surface area contributed by atoms with Gasteiger partial charge in [0, 0.05) is 50.0 Å². The minimum atomic E-state index is -0.849. The van der Waals surface area contributed by atoms with Crippen LogP contribution in [0.4, 0.5) is 11.5 Å². The molecule has 2 aliphatic rings. The summed E-state index contributed by atoms with van der Waals surface area (Å²) >= 11 is 0. The number of aromatic nitrogens is 1. The van der Waals surface area contributed by atoms with Crippen LogP contribution in [-0.2, 0) is 22.4 Å². The number of nitrogens with zero attached hydrogens (tertiary/aromatic N) is 2. The monoisotopic (exact) mass is 493 g/mol. The van der Waals surface area contributed by atoms with Gasteiger partial charge in [0.15, 0.2) is 0 Å². The van der Waals surface area contributed by atoms with E-state index in [2.05, 4.69) is 35.0 Å². The Morgan fingerprint density at radius 3 is 2.64 bits per heavy atom. The Bertz CT molecular complexity index is 1020. The number of piperidine rings is 1. The normalized spacial score (nSPS) is 17.0. The number of benzene rings is 1. The van der Waals surface area contributed by atoms with Crippen molar-refractivity contribution in [1.29, 1.82) is 0 Å². The SMILES string of the molecule is CCCNc1ccc(C(C(=O)O)N2CCC(C(=O)NCCCc3ccc4c(n3)NCCC4)CC2)cc1. The lowest BCUT2D eigenvalue weighted by molar-refractivity contribution is -0.144. The van der Waals surface area contributed by atoms with Gasteiger partial charge >= 0.3 is 5.97 Å². The van der Waals surface area contributed by atoms with E-state index < -0.39 is 12.0 Å². The molecule has 2 aliphatic heterocycles. The molecule has 3 heterocycles. The highest BCUT2D eigenvalue weighted by atomic mass is 16.4. The topological polar surface area (TPSA) is 107 Å². The zero-order chi connectivity index (χ0) is 25.3. The molecule has 0 saturated carbocycles. The number of carboxylic acids is 1. The van der Waals surface area contributed by atoms with Gasteiger partial charge in [-0.25, -0.2) is 4.98 Å². The molecule has 8 nitrogen and oxygen atoms in total. The number of hydrogen-bond donors (Lipinski definition) is 4. The molecule has 0 aliphatic carbocycles. The quantitative estimate of drug-likeness (QED) is 0.352. The van der Waals surface area contributed by atoms with Crippen LogP contribution in [0, 0.1) is 5.92 Å². The second-order valence-electron chi connectivity index (χ2n) is 9.84. The van der Waals surface area contributed by atoms with Gasteiger partial charge in [-0.15, -0.1) is 0 Å². The number of hydrogen-bond acceptors (Lipinski definition) is 6. The second-order valence-corrected chi connectivity index (χ2v) is 9.84. The molecule has 2 aromatic rings. The summed E-state index contributed by atoms with van der Waals surface area (Å²) in [7, 11) is 0. The number of likely N-dealkylation sites (tertiary alicyclic amines) is 1. The summed E-state index contributed by atoms with van der Waals surface area (Å²) in [5.41, 5.74) is 4.12. The Morgan fingerprint density at radius 1 is 1.14 bits per heavy atom. The number of amides is 1. The molecule has 194 valence electrons. The zero-order valence-corrected chi connectivity index (χ0v) is 21.3. The minimum absolute atomic E-state index is 0.0672. The molecular weight excluding hydrogens is 454 g/mol. The van der Waals surface area contributed by atoms with Gasteiger partial charge in [-0.3, -0.25) is 14.5 Å². The Morgan fingerprint density at radius 2 is 1.92 bits per heavy atom. The number of carbonyl (C=O) groups is 2. The van der Waals surface area contributed by atoms with Crippen LogP contribution < -0.4 is 16.0 Å². The predicted octanol–water partition coefficient (Wildman–Crippen LogP) is 3.85. The summed E-state index contributed by atoms with van der Waals surface area (Å²) in [6, 6.07) is 11.2. The fraction of sp³-hybridized carbons (Fsp3) is 0.536.